The lowest BCUT2D eigenvalue weighted by Crippen LogP contribution is -2.41. The highest BCUT2D eigenvalue weighted by Gasteiger charge is 2.20. The number of benzene rings is 1. The van der Waals surface area contributed by atoms with E-state index < -0.39 is 0 Å². The highest BCUT2D eigenvalue weighted by atomic mass is 32.2. The lowest BCUT2D eigenvalue weighted by molar-refractivity contribution is 0.264. The van der Waals surface area contributed by atoms with Crippen LogP contribution in [-0.4, -0.2) is 35.5 Å². The molecular formula is C14H22N2S. The summed E-state index contributed by atoms with van der Waals surface area (Å²) in [5.41, 5.74) is 7.51. The van der Waals surface area contributed by atoms with Gasteiger partial charge in [0, 0.05) is 36.7 Å². The zero-order chi connectivity index (χ0) is 12.1. The van der Waals surface area contributed by atoms with Crippen molar-refractivity contribution >= 4 is 11.8 Å². The number of nitrogens with two attached hydrogens (primary N) is 1. The van der Waals surface area contributed by atoms with Crippen molar-refractivity contribution < 1.29 is 0 Å². The van der Waals surface area contributed by atoms with Crippen LogP contribution in [0.5, 0.6) is 0 Å². The highest BCUT2D eigenvalue weighted by Crippen LogP contribution is 2.22. The zero-order valence-corrected chi connectivity index (χ0v) is 11.3. The minimum absolute atomic E-state index is 0.150. The Kier molecular flexibility index (Phi) is 4.89. The van der Waals surface area contributed by atoms with Crippen LogP contribution in [0, 0.1) is 0 Å². The summed E-state index contributed by atoms with van der Waals surface area (Å²) in [4.78, 5) is 2.52. The molecule has 1 fully saturated rings. The Hall–Kier alpha value is -0.510. The Balaban J connectivity index is 1.88. The van der Waals surface area contributed by atoms with Gasteiger partial charge in [-0.15, -0.1) is 0 Å². The van der Waals surface area contributed by atoms with E-state index in [9.17, 15) is 0 Å². The molecule has 1 aromatic carbocycles. The second kappa shape index (κ2) is 6.43. The number of hydrogen-bond acceptors (Lipinski definition) is 3. The maximum Gasteiger partial charge on any atom is 0.0424 e. The molecule has 0 bridgehead atoms. The molecule has 2 nitrogen and oxygen atoms in total. The predicted octanol–water partition coefficient (Wildman–Crippen LogP) is 2.51. The zero-order valence-electron chi connectivity index (χ0n) is 10.5. The quantitative estimate of drug-likeness (QED) is 0.890. The number of nitrogens with zero attached hydrogens (tertiary/aromatic N) is 1. The lowest BCUT2D eigenvalue weighted by atomic mass is 10.1. The molecule has 0 amide bonds. The third-order valence-electron chi connectivity index (χ3n) is 3.36. The van der Waals surface area contributed by atoms with Gasteiger partial charge in [-0.25, -0.2) is 0 Å². The smallest absolute Gasteiger partial charge is 0.0424 e. The van der Waals surface area contributed by atoms with Crippen molar-refractivity contribution in [2.45, 2.75) is 24.6 Å². The molecule has 0 spiro atoms. The van der Waals surface area contributed by atoms with E-state index in [0.29, 0.717) is 0 Å². The highest BCUT2D eigenvalue weighted by molar-refractivity contribution is 8.00. The van der Waals surface area contributed by atoms with E-state index >= 15 is 0 Å². The molecule has 0 aliphatic carbocycles. The fourth-order valence-electron chi connectivity index (χ4n) is 2.28. The Labute approximate surface area is 109 Å². The maximum absolute atomic E-state index is 6.26. The summed E-state index contributed by atoms with van der Waals surface area (Å²) >= 11 is 2.11. The Morgan fingerprint density at radius 1 is 1.41 bits per heavy atom. The van der Waals surface area contributed by atoms with Gasteiger partial charge in [0.05, 0.1) is 0 Å². The fourth-order valence-corrected chi connectivity index (χ4v) is 3.53. The van der Waals surface area contributed by atoms with E-state index in [4.69, 9.17) is 5.73 Å². The molecule has 0 saturated carbocycles. The Morgan fingerprint density at radius 2 is 2.18 bits per heavy atom. The summed E-state index contributed by atoms with van der Waals surface area (Å²) in [6, 6.07) is 10.6. The maximum atomic E-state index is 6.26. The van der Waals surface area contributed by atoms with Crippen molar-refractivity contribution in [3.05, 3.63) is 35.9 Å². The first-order valence-corrected chi connectivity index (χ1v) is 7.49. The van der Waals surface area contributed by atoms with Gasteiger partial charge in [-0.2, -0.15) is 11.8 Å². The minimum atomic E-state index is 0.150. The summed E-state index contributed by atoms with van der Waals surface area (Å²) in [6.07, 6.45) is 1.27. The van der Waals surface area contributed by atoms with Crippen molar-refractivity contribution in [2.24, 2.45) is 5.73 Å². The molecule has 0 radical (unpaired) electrons. The van der Waals surface area contributed by atoms with Gasteiger partial charge in [-0.3, -0.25) is 4.90 Å². The van der Waals surface area contributed by atoms with Gasteiger partial charge < -0.3 is 5.73 Å². The molecule has 1 unspecified atom stereocenters. The van der Waals surface area contributed by atoms with E-state index in [0.717, 1.165) is 11.8 Å². The number of rotatable bonds is 4. The second-order valence-corrected chi connectivity index (χ2v) is 6.09. The molecule has 2 atom stereocenters. The van der Waals surface area contributed by atoms with Crippen LogP contribution in [0.25, 0.3) is 0 Å². The average molecular weight is 250 g/mol. The molecule has 1 heterocycles. The molecule has 94 valence electrons. The van der Waals surface area contributed by atoms with Crippen LogP contribution in [0.2, 0.25) is 0 Å². The molecule has 1 saturated heterocycles. The van der Waals surface area contributed by atoms with Gasteiger partial charge in [0.1, 0.15) is 0 Å². The molecule has 1 aromatic rings. The fraction of sp³-hybridized carbons (Fsp3) is 0.571. The molecular weight excluding hydrogens is 228 g/mol. The topological polar surface area (TPSA) is 29.3 Å². The first-order valence-electron chi connectivity index (χ1n) is 6.44. The van der Waals surface area contributed by atoms with Crippen molar-refractivity contribution in [3.63, 3.8) is 0 Å². The molecule has 2 N–H and O–H groups in total. The number of thioether (sulfide) groups is 1. The summed E-state index contributed by atoms with van der Waals surface area (Å²) in [5, 5.41) is 0.798. The second-order valence-electron chi connectivity index (χ2n) is 4.68. The average Bonchev–Trinajstić information content (AvgIpc) is 2.40. The van der Waals surface area contributed by atoms with Crippen molar-refractivity contribution in [2.75, 3.05) is 25.4 Å². The van der Waals surface area contributed by atoms with Crippen LogP contribution in [0.3, 0.4) is 0 Å². The van der Waals surface area contributed by atoms with E-state index in [1.165, 1.54) is 30.8 Å². The Bertz CT molecular complexity index is 328. The van der Waals surface area contributed by atoms with Gasteiger partial charge in [-0.1, -0.05) is 37.3 Å². The first-order chi connectivity index (χ1) is 8.29. The lowest BCUT2D eigenvalue weighted by Gasteiger charge is -2.33. The summed E-state index contributed by atoms with van der Waals surface area (Å²) in [6.45, 7) is 5.64. The van der Waals surface area contributed by atoms with Gasteiger partial charge >= 0.3 is 0 Å². The molecule has 2 rings (SSSR count). The van der Waals surface area contributed by atoms with Gasteiger partial charge in [-0.05, 0) is 12.0 Å². The van der Waals surface area contributed by atoms with Crippen LogP contribution in [0.15, 0.2) is 30.3 Å². The van der Waals surface area contributed by atoms with E-state index in [2.05, 4.69) is 47.9 Å². The van der Waals surface area contributed by atoms with Gasteiger partial charge in [0.2, 0.25) is 0 Å². The van der Waals surface area contributed by atoms with E-state index in [1.54, 1.807) is 0 Å². The van der Waals surface area contributed by atoms with Crippen LogP contribution >= 0.6 is 11.8 Å². The molecule has 1 aliphatic rings. The van der Waals surface area contributed by atoms with Crippen LogP contribution in [0.4, 0.5) is 0 Å². The molecule has 3 heteroatoms. The van der Waals surface area contributed by atoms with Crippen molar-refractivity contribution in [3.8, 4) is 0 Å². The van der Waals surface area contributed by atoms with E-state index in [-0.39, 0.29) is 6.04 Å². The summed E-state index contributed by atoms with van der Waals surface area (Å²) in [5.74, 6) is 1.25. The summed E-state index contributed by atoms with van der Waals surface area (Å²) < 4.78 is 0. The largest absolute Gasteiger partial charge is 0.323 e. The standard InChI is InChI=1S/C14H22N2S/c1-2-13-10-16(8-9-17-13)11-14(15)12-6-4-3-5-7-12/h3-7,13-14H,2,8-11,15H2,1H3/t13?,14-/m0/s1. The van der Waals surface area contributed by atoms with Gasteiger partial charge in [0.25, 0.3) is 0 Å². The normalized spacial score (nSPS) is 23.5. The van der Waals surface area contributed by atoms with Crippen molar-refractivity contribution in [1.29, 1.82) is 0 Å². The number of hydrogen-bond donors (Lipinski definition) is 1. The third kappa shape index (κ3) is 3.73. The van der Waals surface area contributed by atoms with Crippen LogP contribution in [0.1, 0.15) is 24.9 Å². The first kappa shape index (κ1) is 12.9. The van der Waals surface area contributed by atoms with E-state index in [1.807, 2.05) is 6.07 Å². The molecule has 17 heavy (non-hydrogen) atoms. The van der Waals surface area contributed by atoms with Crippen LogP contribution < -0.4 is 5.73 Å². The molecule has 1 aliphatic heterocycles. The monoisotopic (exact) mass is 250 g/mol. The molecule has 0 aromatic heterocycles. The van der Waals surface area contributed by atoms with Crippen molar-refractivity contribution in [1.82, 2.24) is 4.90 Å². The van der Waals surface area contributed by atoms with Crippen LogP contribution in [-0.2, 0) is 0 Å². The SMILES string of the molecule is CCC1CN(C[C@H](N)c2ccccc2)CCS1. The van der Waals surface area contributed by atoms with Gasteiger partial charge in [0.15, 0.2) is 0 Å². The summed E-state index contributed by atoms with van der Waals surface area (Å²) in [7, 11) is 0. The third-order valence-corrected chi connectivity index (χ3v) is 4.73. The minimum Gasteiger partial charge on any atom is -0.323 e. The Morgan fingerprint density at radius 3 is 2.88 bits per heavy atom. The predicted molar refractivity (Wildman–Crippen MR) is 76.3 cm³/mol.